The zero-order valence-corrected chi connectivity index (χ0v) is 11.8. The van der Waals surface area contributed by atoms with Gasteiger partial charge in [0, 0.05) is 11.9 Å². The zero-order valence-electron chi connectivity index (χ0n) is 11.0. The molecule has 0 saturated heterocycles. The minimum atomic E-state index is 0.786. The molecule has 92 valence electrons. The van der Waals surface area contributed by atoms with Gasteiger partial charge in [-0.05, 0) is 38.8 Å². The largest absolute Gasteiger partial charge is 0.301 e. The van der Waals surface area contributed by atoms with Crippen molar-refractivity contribution in [1.82, 2.24) is 9.88 Å². The van der Waals surface area contributed by atoms with Crippen LogP contribution in [0.25, 0.3) is 0 Å². The lowest BCUT2D eigenvalue weighted by atomic mass is 10.1. The van der Waals surface area contributed by atoms with Crippen molar-refractivity contribution in [3.05, 3.63) is 16.1 Å². The zero-order chi connectivity index (χ0) is 12.0. The first-order chi connectivity index (χ1) is 7.61. The second kappa shape index (κ2) is 7.02. The summed E-state index contributed by atoms with van der Waals surface area (Å²) in [5, 5.41) is 3.49. The van der Waals surface area contributed by atoms with Crippen molar-refractivity contribution in [1.29, 1.82) is 0 Å². The van der Waals surface area contributed by atoms with Gasteiger partial charge in [-0.1, -0.05) is 20.8 Å². The Labute approximate surface area is 104 Å². The number of rotatable bonds is 7. The van der Waals surface area contributed by atoms with E-state index in [1.165, 1.54) is 23.5 Å². The summed E-state index contributed by atoms with van der Waals surface area (Å²) in [5.41, 5.74) is 1.24. The number of hydrogen-bond donors (Lipinski definition) is 0. The highest BCUT2D eigenvalue weighted by Gasteiger charge is 2.05. The van der Waals surface area contributed by atoms with Gasteiger partial charge in [0.05, 0.1) is 10.7 Å². The molecule has 0 unspecified atom stereocenters. The van der Waals surface area contributed by atoms with Crippen LogP contribution in [0.15, 0.2) is 5.38 Å². The van der Waals surface area contributed by atoms with Crippen LogP contribution in [0.3, 0.4) is 0 Å². The fraction of sp³-hybridized carbons (Fsp3) is 0.769. The van der Waals surface area contributed by atoms with Gasteiger partial charge in [-0.25, -0.2) is 4.98 Å². The smallest absolute Gasteiger partial charge is 0.0928 e. The molecule has 0 saturated carbocycles. The van der Waals surface area contributed by atoms with E-state index in [0.29, 0.717) is 0 Å². The second-order valence-corrected chi connectivity index (χ2v) is 5.85. The predicted molar refractivity (Wildman–Crippen MR) is 71.9 cm³/mol. The lowest BCUT2D eigenvalue weighted by molar-refractivity contribution is 0.300. The maximum absolute atomic E-state index is 4.64. The van der Waals surface area contributed by atoms with Crippen molar-refractivity contribution < 1.29 is 0 Å². The normalized spacial score (nSPS) is 11.6. The third kappa shape index (κ3) is 5.08. The van der Waals surface area contributed by atoms with Crippen LogP contribution in [0.2, 0.25) is 0 Å². The Hall–Kier alpha value is -0.410. The average Bonchev–Trinajstić information content (AvgIpc) is 2.63. The Morgan fingerprint density at radius 2 is 2.19 bits per heavy atom. The lowest BCUT2D eigenvalue weighted by Gasteiger charge is -2.16. The van der Waals surface area contributed by atoms with E-state index in [4.69, 9.17) is 0 Å². The van der Waals surface area contributed by atoms with Gasteiger partial charge in [0.15, 0.2) is 0 Å². The molecular weight excluding hydrogens is 216 g/mol. The van der Waals surface area contributed by atoms with Crippen molar-refractivity contribution in [2.24, 2.45) is 5.92 Å². The predicted octanol–water partition coefficient (Wildman–Crippen LogP) is 3.57. The molecule has 0 aliphatic rings. The molecule has 16 heavy (non-hydrogen) atoms. The number of thiazole rings is 1. The SMILES string of the molecule is CCCc1nc(CN(C)CCC(C)C)cs1. The first-order valence-corrected chi connectivity index (χ1v) is 7.11. The summed E-state index contributed by atoms with van der Waals surface area (Å²) in [6, 6.07) is 0. The van der Waals surface area contributed by atoms with Crippen LogP contribution in [0.4, 0.5) is 0 Å². The monoisotopic (exact) mass is 240 g/mol. The second-order valence-electron chi connectivity index (χ2n) is 4.90. The third-order valence-corrected chi connectivity index (χ3v) is 3.54. The van der Waals surface area contributed by atoms with Gasteiger partial charge >= 0.3 is 0 Å². The molecule has 1 aromatic rings. The summed E-state index contributed by atoms with van der Waals surface area (Å²) >= 11 is 1.80. The van der Waals surface area contributed by atoms with E-state index >= 15 is 0 Å². The Morgan fingerprint density at radius 3 is 2.81 bits per heavy atom. The highest BCUT2D eigenvalue weighted by atomic mass is 32.1. The number of hydrogen-bond acceptors (Lipinski definition) is 3. The van der Waals surface area contributed by atoms with Gasteiger partial charge in [0.2, 0.25) is 0 Å². The van der Waals surface area contributed by atoms with Gasteiger partial charge in [-0.15, -0.1) is 11.3 Å². The summed E-state index contributed by atoms with van der Waals surface area (Å²) in [5.74, 6) is 0.786. The van der Waals surface area contributed by atoms with Crippen LogP contribution in [0, 0.1) is 5.92 Å². The summed E-state index contributed by atoms with van der Waals surface area (Å²) in [4.78, 5) is 7.01. The summed E-state index contributed by atoms with van der Waals surface area (Å²) in [6.07, 6.45) is 3.58. The Kier molecular flexibility index (Phi) is 5.99. The number of aromatic nitrogens is 1. The summed E-state index contributed by atoms with van der Waals surface area (Å²) in [7, 11) is 2.18. The molecule has 0 radical (unpaired) electrons. The Morgan fingerprint density at radius 1 is 1.44 bits per heavy atom. The highest BCUT2D eigenvalue weighted by Crippen LogP contribution is 2.13. The quantitative estimate of drug-likeness (QED) is 0.724. The van der Waals surface area contributed by atoms with Gasteiger partial charge in [-0.2, -0.15) is 0 Å². The van der Waals surface area contributed by atoms with Crippen LogP contribution in [0.1, 0.15) is 44.3 Å². The molecular formula is C13H24N2S. The van der Waals surface area contributed by atoms with Crippen LogP contribution < -0.4 is 0 Å². The molecule has 1 rings (SSSR count). The van der Waals surface area contributed by atoms with Gasteiger partial charge < -0.3 is 4.90 Å². The molecule has 0 bridgehead atoms. The van der Waals surface area contributed by atoms with E-state index in [0.717, 1.165) is 25.4 Å². The van der Waals surface area contributed by atoms with Crippen molar-refractivity contribution in [2.75, 3.05) is 13.6 Å². The van der Waals surface area contributed by atoms with Crippen molar-refractivity contribution >= 4 is 11.3 Å². The summed E-state index contributed by atoms with van der Waals surface area (Å²) in [6.45, 7) is 8.91. The molecule has 0 atom stereocenters. The maximum atomic E-state index is 4.64. The maximum Gasteiger partial charge on any atom is 0.0928 e. The van der Waals surface area contributed by atoms with E-state index in [1.54, 1.807) is 11.3 Å². The molecule has 0 fully saturated rings. The fourth-order valence-electron chi connectivity index (χ4n) is 1.58. The molecule has 3 heteroatoms. The minimum Gasteiger partial charge on any atom is -0.301 e. The first kappa shape index (κ1) is 13.7. The Bertz CT molecular complexity index is 294. The van der Waals surface area contributed by atoms with E-state index in [1.807, 2.05) is 0 Å². The van der Waals surface area contributed by atoms with Crippen molar-refractivity contribution in [3.63, 3.8) is 0 Å². The third-order valence-electron chi connectivity index (χ3n) is 2.58. The lowest BCUT2D eigenvalue weighted by Crippen LogP contribution is -2.20. The summed E-state index contributed by atoms with van der Waals surface area (Å²) < 4.78 is 0. The Balaban J connectivity index is 2.34. The van der Waals surface area contributed by atoms with Gasteiger partial charge in [0.25, 0.3) is 0 Å². The molecule has 0 aliphatic carbocycles. The number of nitrogens with zero attached hydrogens (tertiary/aromatic N) is 2. The minimum absolute atomic E-state index is 0.786. The van der Waals surface area contributed by atoms with Crippen LogP contribution in [-0.4, -0.2) is 23.5 Å². The van der Waals surface area contributed by atoms with E-state index in [-0.39, 0.29) is 0 Å². The van der Waals surface area contributed by atoms with Crippen molar-refractivity contribution in [3.8, 4) is 0 Å². The highest BCUT2D eigenvalue weighted by molar-refractivity contribution is 7.09. The first-order valence-electron chi connectivity index (χ1n) is 6.23. The molecule has 0 aliphatic heterocycles. The molecule has 0 amide bonds. The standard InChI is InChI=1S/C13H24N2S/c1-5-6-13-14-12(10-16-13)9-15(4)8-7-11(2)3/h10-11H,5-9H2,1-4H3. The van der Waals surface area contributed by atoms with Gasteiger partial charge in [0.1, 0.15) is 0 Å². The number of aryl methyl sites for hydroxylation is 1. The molecule has 0 aromatic carbocycles. The van der Waals surface area contributed by atoms with E-state index in [2.05, 4.69) is 43.1 Å². The fourth-order valence-corrected chi connectivity index (χ4v) is 2.48. The van der Waals surface area contributed by atoms with E-state index in [9.17, 15) is 0 Å². The van der Waals surface area contributed by atoms with E-state index < -0.39 is 0 Å². The molecule has 1 heterocycles. The van der Waals surface area contributed by atoms with Crippen LogP contribution >= 0.6 is 11.3 Å². The van der Waals surface area contributed by atoms with Gasteiger partial charge in [-0.3, -0.25) is 0 Å². The average molecular weight is 240 g/mol. The molecule has 0 spiro atoms. The topological polar surface area (TPSA) is 16.1 Å². The molecule has 1 aromatic heterocycles. The van der Waals surface area contributed by atoms with Crippen LogP contribution in [-0.2, 0) is 13.0 Å². The molecule has 0 N–H and O–H groups in total. The molecule has 2 nitrogen and oxygen atoms in total. The van der Waals surface area contributed by atoms with Crippen LogP contribution in [0.5, 0.6) is 0 Å². The van der Waals surface area contributed by atoms with Crippen molar-refractivity contribution in [2.45, 2.75) is 46.6 Å².